The molecule has 0 radical (unpaired) electrons. The summed E-state index contributed by atoms with van der Waals surface area (Å²) in [6.45, 7) is 0. The molecule has 1 aliphatic carbocycles. The maximum Gasteiger partial charge on any atom is 0.138 e. The van der Waals surface area contributed by atoms with Crippen molar-refractivity contribution in [2.45, 2.75) is 11.3 Å². The average molecular weight is 354 g/mol. The van der Waals surface area contributed by atoms with Crippen molar-refractivity contribution < 1.29 is 0 Å². The molecule has 0 amide bonds. The predicted octanol–water partition coefficient (Wildman–Crippen LogP) is 6.04. The van der Waals surface area contributed by atoms with Crippen LogP contribution in [-0.2, 0) is 6.42 Å². The number of imidazole rings is 1. The van der Waals surface area contributed by atoms with E-state index in [0.717, 1.165) is 29.2 Å². The van der Waals surface area contributed by atoms with Crippen LogP contribution in [0.1, 0.15) is 11.1 Å². The molecule has 3 heteroatoms. The van der Waals surface area contributed by atoms with E-state index in [-0.39, 0.29) is 0 Å². The number of hydrogen-bond acceptors (Lipinski definition) is 2. The summed E-state index contributed by atoms with van der Waals surface area (Å²) in [6, 6.07) is 25.8. The third-order valence-electron chi connectivity index (χ3n) is 5.01. The predicted molar refractivity (Wildman–Crippen MR) is 109 cm³/mol. The standard InChI is InChI=1S/C23H18N2S/c1-26-18-12-10-15(11-13-18)23-24-21-19-8-4-2-6-16(19)14-17-7-3-5-9-20(17)22(21)25-23/h2-13H,14H2,1H3,(H,24,25). The van der Waals surface area contributed by atoms with Crippen LogP contribution in [0.15, 0.2) is 77.7 Å². The highest BCUT2D eigenvalue weighted by Crippen LogP contribution is 2.40. The van der Waals surface area contributed by atoms with E-state index < -0.39 is 0 Å². The number of aromatic nitrogens is 2. The number of nitrogens with zero attached hydrogens (tertiary/aromatic N) is 1. The van der Waals surface area contributed by atoms with Gasteiger partial charge in [-0.25, -0.2) is 4.98 Å². The molecule has 5 rings (SSSR count). The van der Waals surface area contributed by atoms with Gasteiger partial charge in [-0.1, -0.05) is 60.7 Å². The molecule has 2 nitrogen and oxygen atoms in total. The van der Waals surface area contributed by atoms with Crippen molar-refractivity contribution in [2.75, 3.05) is 6.26 Å². The number of benzene rings is 3. The lowest BCUT2D eigenvalue weighted by Crippen LogP contribution is -1.91. The van der Waals surface area contributed by atoms with Crippen LogP contribution in [-0.4, -0.2) is 16.2 Å². The van der Waals surface area contributed by atoms with Crippen molar-refractivity contribution in [3.05, 3.63) is 83.9 Å². The van der Waals surface area contributed by atoms with E-state index in [9.17, 15) is 0 Å². The second-order valence-corrected chi connectivity index (χ2v) is 7.41. The van der Waals surface area contributed by atoms with E-state index in [2.05, 4.69) is 84.0 Å². The molecule has 0 unspecified atom stereocenters. The van der Waals surface area contributed by atoms with Crippen molar-refractivity contribution in [3.63, 3.8) is 0 Å². The first-order chi connectivity index (χ1) is 12.8. The maximum atomic E-state index is 5.01. The smallest absolute Gasteiger partial charge is 0.138 e. The molecule has 0 saturated carbocycles. The van der Waals surface area contributed by atoms with Crippen LogP contribution in [0.25, 0.3) is 33.9 Å². The zero-order valence-corrected chi connectivity index (χ0v) is 15.3. The van der Waals surface area contributed by atoms with E-state index in [0.29, 0.717) is 0 Å². The summed E-state index contributed by atoms with van der Waals surface area (Å²) in [4.78, 5) is 9.88. The summed E-state index contributed by atoms with van der Waals surface area (Å²) in [6.07, 6.45) is 3.03. The number of nitrogens with one attached hydrogen (secondary N) is 1. The Morgan fingerprint density at radius 1 is 0.808 bits per heavy atom. The summed E-state index contributed by atoms with van der Waals surface area (Å²) >= 11 is 1.75. The van der Waals surface area contributed by atoms with Crippen LogP contribution in [0.2, 0.25) is 0 Å². The Balaban J connectivity index is 1.74. The van der Waals surface area contributed by atoms with E-state index >= 15 is 0 Å². The highest BCUT2D eigenvalue weighted by atomic mass is 32.2. The molecule has 126 valence electrons. The minimum atomic E-state index is 0.925. The molecule has 3 aromatic carbocycles. The Kier molecular flexibility index (Phi) is 3.68. The van der Waals surface area contributed by atoms with Crippen LogP contribution in [0.4, 0.5) is 0 Å². The molecule has 1 aromatic heterocycles. The highest BCUT2D eigenvalue weighted by molar-refractivity contribution is 7.98. The normalized spacial score (nSPS) is 12.0. The summed E-state index contributed by atoms with van der Waals surface area (Å²) in [7, 11) is 0. The Morgan fingerprint density at radius 3 is 2.19 bits per heavy atom. The molecule has 1 aliphatic rings. The fraction of sp³-hybridized carbons (Fsp3) is 0.0870. The number of rotatable bonds is 2. The first-order valence-corrected chi connectivity index (χ1v) is 9.97. The van der Waals surface area contributed by atoms with Crippen LogP contribution in [0.5, 0.6) is 0 Å². The lowest BCUT2D eigenvalue weighted by molar-refractivity contribution is 1.19. The minimum absolute atomic E-state index is 0.925. The topological polar surface area (TPSA) is 28.7 Å². The molecule has 0 atom stereocenters. The lowest BCUT2D eigenvalue weighted by atomic mass is 10.00. The van der Waals surface area contributed by atoms with Crippen molar-refractivity contribution >= 4 is 11.8 Å². The molecule has 0 fully saturated rings. The summed E-state index contributed by atoms with van der Waals surface area (Å²) in [5.74, 6) is 0.925. The van der Waals surface area contributed by atoms with E-state index in [1.807, 2.05) is 0 Å². The highest BCUT2D eigenvalue weighted by Gasteiger charge is 2.22. The van der Waals surface area contributed by atoms with Gasteiger partial charge in [0.2, 0.25) is 0 Å². The Labute approximate surface area is 157 Å². The molecule has 26 heavy (non-hydrogen) atoms. The summed E-state index contributed by atoms with van der Waals surface area (Å²) in [5.41, 5.74) is 8.43. The molecular formula is C23H18N2S. The third-order valence-corrected chi connectivity index (χ3v) is 5.75. The van der Waals surface area contributed by atoms with E-state index in [4.69, 9.17) is 4.98 Å². The molecule has 1 N–H and O–H groups in total. The van der Waals surface area contributed by atoms with Crippen LogP contribution < -0.4 is 0 Å². The van der Waals surface area contributed by atoms with E-state index in [1.165, 1.54) is 27.1 Å². The fourth-order valence-electron chi connectivity index (χ4n) is 3.68. The lowest BCUT2D eigenvalue weighted by Gasteiger charge is -2.06. The van der Waals surface area contributed by atoms with Gasteiger partial charge in [-0.05, 0) is 35.9 Å². The maximum absolute atomic E-state index is 5.01. The number of hydrogen-bond donors (Lipinski definition) is 1. The van der Waals surface area contributed by atoms with Gasteiger partial charge in [-0.15, -0.1) is 11.8 Å². The average Bonchev–Trinajstić information content (AvgIpc) is 3.09. The Morgan fingerprint density at radius 2 is 1.46 bits per heavy atom. The van der Waals surface area contributed by atoms with Crippen molar-refractivity contribution in [3.8, 4) is 33.9 Å². The van der Waals surface area contributed by atoms with Crippen molar-refractivity contribution in [2.24, 2.45) is 0 Å². The monoisotopic (exact) mass is 354 g/mol. The second kappa shape index (κ2) is 6.19. The zero-order valence-electron chi connectivity index (χ0n) is 14.5. The molecule has 0 aliphatic heterocycles. The first kappa shape index (κ1) is 15.5. The van der Waals surface area contributed by atoms with Crippen molar-refractivity contribution in [1.82, 2.24) is 9.97 Å². The summed E-state index contributed by atoms with van der Waals surface area (Å²) in [5, 5.41) is 0. The molecule has 0 spiro atoms. The van der Waals surface area contributed by atoms with Gasteiger partial charge >= 0.3 is 0 Å². The molecule has 1 heterocycles. The number of thioether (sulfide) groups is 1. The van der Waals surface area contributed by atoms with Crippen LogP contribution in [0.3, 0.4) is 0 Å². The van der Waals surface area contributed by atoms with Crippen LogP contribution >= 0.6 is 11.8 Å². The summed E-state index contributed by atoms with van der Waals surface area (Å²) < 4.78 is 0. The molecule has 0 saturated heterocycles. The minimum Gasteiger partial charge on any atom is -0.337 e. The van der Waals surface area contributed by atoms with Gasteiger partial charge in [-0.3, -0.25) is 0 Å². The Hall–Kier alpha value is -2.78. The van der Waals surface area contributed by atoms with Crippen molar-refractivity contribution in [1.29, 1.82) is 0 Å². The largest absolute Gasteiger partial charge is 0.337 e. The quantitative estimate of drug-likeness (QED) is 0.392. The third kappa shape index (κ3) is 2.47. The van der Waals surface area contributed by atoms with E-state index in [1.54, 1.807) is 11.8 Å². The number of fused-ring (bicyclic) bond motifs is 5. The van der Waals surface area contributed by atoms with Gasteiger partial charge in [0.1, 0.15) is 5.82 Å². The van der Waals surface area contributed by atoms with Gasteiger partial charge < -0.3 is 4.98 Å². The van der Waals surface area contributed by atoms with Gasteiger partial charge in [0, 0.05) is 21.6 Å². The molecule has 4 aromatic rings. The molecule has 0 bridgehead atoms. The van der Waals surface area contributed by atoms with Gasteiger partial charge in [0.25, 0.3) is 0 Å². The Bertz CT molecular complexity index is 1030. The number of H-pyrrole nitrogens is 1. The SMILES string of the molecule is CSc1ccc(-c2nc3c([nH]2)-c2ccccc2Cc2ccccc2-3)cc1. The van der Waals surface area contributed by atoms with Gasteiger partial charge in [-0.2, -0.15) is 0 Å². The number of aromatic amines is 1. The van der Waals surface area contributed by atoms with Gasteiger partial charge in [0.15, 0.2) is 0 Å². The molecular weight excluding hydrogens is 336 g/mol. The van der Waals surface area contributed by atoms with Gasteiger partial charge in [0.05, 0.1) is 11.4 Å². The fourth-order valence-corrected chi connectivity index (χ4v) is 4.09. The first-order valence-electron chi connectivity index (χ1n) is 8.74. The second-order valence-electron chi connectivity index (χ2n) is 6.53. The van der Waals surface area contributed by atoms with Crippen LogP contribution in [0, 0.1) is 0 Å². The zero-order chi connectivity index (χ0) is 17.5.